The van der Waals surface area contributed by atoms with Crippen LogP contribution in [0.5, 0.6) is 0 Å². The van der Waals surface area contributed by atoms with Crippen LogP contribution in [0.4, 0.5) is 8.78 Å². The number of rotatable bonds is 3. The quantitative estimate of drug-likeness (QED) is 0.650. The number of nitrogens with zero attached hydrogens (tertiary/aromatic N) is 1. The van der Waals surface area contributed by atoms with Crippen LogP contribution < -0.4 is 0 Å². The maximum Gasteiger partial charge on any atom is 0.315 e. The molecule has 16 heavy (non-hydrogen) atoms. The molecule has 0 bridgehead atoms. The molecule has 0 N–H and O–H groups in total. The molecule has 92 valence electrons. The first-order valence-corrected chi connectivity index (χ1v) is 4.80. The lowest BCUT2D eigenvalue weighted by atomic mass is 10.2. The molecule has 1 amide bonds. The number of alkyl halides is 2. The molecular weight excluding hydrogens is 224 g/mol. The van der Waals surface area contributed by atoms with Gasteiger partial charge in [-0.25, -0.2) is 0 Å². The second-order valence-electron chi connectivity index (χ2n) is 3.36. The highest BCUT2D eigenvalue weighted by atomic mass is 19.3. The van der Waals surface area contributed by atoms with E-state index in [1.54, 1.807) is 0 Å². The number of carbonyl (C=O) groups excluding carboxylic acids is 2. The zero-order valence-electron chi connectivity index (χ0n) is 8.82. The van der Waals surface area contributed by atoms with Crippen molar-refractivity contribution in [1.29, 1.82) is 0 Å². The van der Waals surface area contributed by atoms with Crippen LogP contribution in [0.1, 0.15) is 6.42 Å². The normalized spacial score (nSPS) is 21.0. The maximum absolute atomic E-state index is 12.1. The zero-order chi connectivity index (χ0) is 12.1. The van der Waals surface area contributed by atoms with Gasteiger partial charge in [0.15, 0.2) is 0 Å². The van der Waals surface area contributed by atoms with E-state index in [0.717, 1.165) is 4.90 Å². The summed E-state index contributed by atoms with van der Waals surface area (Å²) >= 11 is 0. The SMILES string of the molecule is COC(=O)CC1CN(C(=O)C(F)F)CCO1. The van der Waals surface area contributed by atoms with Crippen molar-refractivity contribution in [2.45, 2.75) is 19.0 Å². The van der Waals surface area contributed by atoms with Crippen molar-refractivity contribution in [3.63, 3.8) is 0 Å². The highest BCUT2D eigenvalue weighted by Crippen LogP contribution is 2.11. The minimum atomic E-state index is -3.02. The number of carbonyl (C=O) groups is 2. The summed E-state index contributed by atoms with van der Waals surface area (Å²) in [6, 6.07) is 0. The predicted molar refractivity (Wildman–Crippen MR) is 49.0 cm³/mol. The molecule has 5 nitrogen and oxygen atoms in total. The molecule has 0 radical (unpaired) electrons. The standard InChI is InChI=1S/C9H13F2NO4/c1-15-7(13)4-6-5-12(2-3-16-6)9(14)8(10)11/h6,8H,2-5H2,1H3. The minimum absolute atomic E-state index is 0.00171. The largest absolute Gasteiger partial charge is 0.469 e. The van der Waals surface area contributed by atoms with Gasteiger partial charge in [0, 0.05) is 13.1 Å². The van der Waals surface area contributed by atoms with Crippen LogP contribution in [0.15, 0.2) is 0 Å². The molecule has 0 saturated carbocycles. The molecule has 0 aromatic heterocycles. The number of ether oxygens (including phenoxy) is 2. The average Bonchev–Trinajstić information content (AvgIpc) is 2.28. The highest BCUT2D eigenvalue weighted by Gasteiger charge is 2.30. The predicted octanol–water partition coefficient (Wildman–Crippen LogP) is 0.0420. The summed E-state index contributed by atoms with van der Waals surface area (Å²) in [5, 5.41) is 0. The van der Waals surface area contributed by atoms with Crippen LogP contribution in [-0.2, 0) is 19.1 Å². The Bertz CT molecular complexity index is 272. The van der Waals surface area contributed by atoms with E-state index >= 15 is 0 Å². The molecule has 0 aromatic carbocycles. The molecule has 0 aliphatic carbocycles. The van der Waals surface area contributed by atoms with E-state index in [1.165, 1.54) is 7.11 Å². The topological polar surface area (TPSA) is 55.8 Å². The monoisotopic (exact) mass is 237 g/mol. The lowest BCUT2D eigenvalue weighted by Crippen LogP contribution is -2.48. The van der Waals surface area contributed by atoms with Crippen molar-refractivity contribution in [2.75, 3.05) is 26.8 Å². The Labute approximate surface area is 91.3 Å². The van der Waals surface area contributed by atoms with Gasteiger partial charge in [-0.05, 0) is 0 Å². The number of halogens is 2. The molecule has 1 unspecified atom stereocenters. The third-order valence-corrected chi connectivity index (χ3v) is 2.26. The van der Waals surface area contributed by atoms with Gasteiger partial charge < -0.3 is 14.4 Å². The third kappa shape index (κ3) is 3.41. The Balaban J connectivity index is 2.47. The summed E-state index contributed by atoms with van der Waals surface area (Å²) in [6.07, 6.45) is -3.62. The Morgan fingerprint density at radius 3 is 2.81 bits per heavy atom. The van der Waals surface area contributed by atoms with Crippen LogP contribution >= 0.6 is 0 Å². The van der Waals surface area contributed by atoms with Crippen LogP contribution in [0.2, 0.25) is 0 Å². The molecule has 1 fully saturated rings. The molecule has 1 aliphatic heterocycles. The van der Waals surface area contributed by atoms with Crippen LogP contribution in [0.3, 0.4) is 0 Å². The smallest absolute Gasteiger partial charge is 0.315 e. The van der Waals surface area contributed by atoms with Gasteiger partial charge in [0.1, 0.15) is 0 Å². The van der Waals surface area contributed by atoms with Gasteiger partial charge >= 0.3 is 12.4 Å². The number of esters is 1. The van der Waals surface area contributed by atoms with Gasteiger partial charge in [-0.1, -0.05) is 0 Å². The second kappa shape index (κ2) is 5.74. The van der Waals surface area contributed by atoms with Gasteiger partial charge in [0.25, 0.3) is 5.91 Å². The van der Waals surface area contributed by atoms with E-state index in [2.05, 4.69) is 4.74 Å². The van der Waals surface area contributed by atoms with E-state index < -0.39 is 24.4 Å². The number of amides is 1. The molecule has 1 atom stereocenters. The van der Waals surface area contributed by atoms with Crippen molar-refractivity contribution in [3.8, 4) is 0 Å². The summed E-state index contributed by atoms with van der Waals surface area (Å²) in [5.74, 6) is -1.71. The summed E-state index contributed by atoms with van der Waals surface area (Å²) < 4.78 is 33.9. The number of hydrogen-bond acceptors (Lipinski definition) is 4. The van der Waals surface area contributed by atoms with Crippen molar-refractivity contribution >= 4 is 11.9 Å². The number of morpholine rings is 1. The molecule has 0 spiro atoms. The Kier molecular flexibility index (Phi) is 4.60. The fourth-order valence-electron chi connectivity index (χ4n) is 1.45. The summed E-state index contributed by atoms with van der Waals surface area (Å²) in [4.78, 5) is 22.9. The van der Waals surface area contributed by atoms with E-state index in [-0.39, 0.29) is 26.1 Å². The van der Waals surface area contributed by atoms with Gasteiger partial charge in [0.2, 0.25) is 0 Å². The van der Waals surface area contributed by atoms with Crippen LogP contribution in [-0.4, -0.2) is 56.1 Å². The first-order valence-electron chi connectivity index (χ1n) is 4.80. The first-order chi connectivity index (χ1) is 7.54. The molecular formula is C9H13F2NO4. The maximum atomic E-state index is 12.1. The zero-order valence-corrected chi connectivity index (χ0v) is 8.82. The van der Waals surface area contributed by atoms with Crippen molar-refractivity contribution in [2.24, 2.45) is 0 Å². The van der Waals surface area contributed by atoms with Crippen LogP contribution in [0.25, 0.3) is 0 Å². The Morgan fingerprint density at radius 2 is 2.25 bits per heavy atom. The third-order valence-electron chi connectivity index (χ3n) is 2.26. The first kappa shape index (κ1) is 12.8. The fraction of sp³-hybridized carbons (Fsp3) is 0.778. The summed E-state index contributed by atoms with van der Waals surface area (Å²) in [7, 11) is 1.23. The molecule has 0 aromatic rings. The van der Waals surface area contributed by atoms with Gasteiger partial charge in [0.05, 0.1) is 26.2 Å². The minimum Gasteiger partial charge on any atom is -0.469 e. The molecule has 1 saturated heterocycles. The molecule has 7 heteroatoms. The van der Waals surface area contributed by atoms with E-state index in [1.807, 2.05) is 0 Å². The fourth-order valence-corrected chi connectivity index (χ4v) is 1.45. The lowest BCUT2D eigenvalue weighted by molar-refractivity contribution is -0.155. The van der Waals surface area contributed by atoms with Crippen molar-refractivity contribution < 1.29 is 27.8 Å². The Morgan fingerprint density at radius 1 is 1.56 bits per heavy atom. The summed E-state index contributed by atoms with van der Waals surface area (Å²) in [6.45, 7) is 0.277. The van der Waals surface area contributed by atoms with Crippen molar-refractivity contribution in [1.82, 2.24) is 4.90 Å². The van der Waals surface area contributed by atoms with E-state index in [9.17, 15) is 18.4 Å². The highest BCUT2D eigenvalue weighted by molar-refractivity contribution is 5.79. The van der Waals surface area contributed by atoms with Crippen LogP contribution in [0, 0.1) is 0 Å². The van der Waals surface area contributed by atoms with E-state index in [4.69, 9.17) is 4.74 Å². The number of methoxy groups -OCH3 is 1. The molecule has 1 aliphatic rings. The van der Waals surface area contributed by atoms with Crippen molar-refractivity contribution in [3.05, 3.63) is 0 Å². The molecule has 1 heterocycles. The summed E-state index contributed by atoms with van der Waals surface area (Å²) in [5.41, 5.74) is 0. The second-order valence-corrected chi connectivity index (χ2v) is 3.36. The average molecular weight is 237 g/mol. The van der Waals surface area contributed by atoms with Gasteiger partial charge in [-0.3, -0.25) is 9.59 Å². The Hall–Kier alpha value is -1.24. The van der Waals surface area contributed by atoms with E-state index in [0.29, 0.717) is 0 Å². The van der Waals surface area contributed by atoms with Gasteiger partial charge in [-0.2, -0.15) is 8.78 Å². The number of hydrogen-bond donors (Lipinski definition) is 0. The molecule has 1 rings (SSSR count). The van der Waals surface area contributed by atoms with Gasteiger partial charge in [-0.15, -0.1) is 0 Å². The lowest BCUT2D eigenvalue weighted by Gasteiger charge is -2.32.